The number of amides is 1. The lowest BCUT2D eigenvalue weighted by Crippen LogP contribution is -2.27. The monoisotopic (exact) mass is 349 g/mol. The Morgan fingerprint density at radius 1 is 1.50 bits per heavy atom. The average molecular weight is 350 g/mol. The summed E-state index contributed by atoms with van der Waals surface area (Å²) in [5.41, 5.74) is 3.04. The number of aromatic nitrogens is 2. The van der Waals surface area contributed by atoms with Gasteiger partial charge in [0.2, 0.25) is 0 Å². The number of ether oxygens (including phenoxy) is 2. The Balaban J connectivity index is 1.76. The molecular weight excluding hydrogens is 330 g/mol. The number of carbonyl (C=O) groups excluding carboxylic acids is 1. The van der Waals surface area contributed by atoms with Crippen molar-refractivity contribution in [3.63, 3.8) is 0 Å². The molecule has 0 spiro atoms. The van der Waals surface area contributed by atoms with Gasteiger partial charge in [-0.05, 0) is 32.0 Å². The van der Waals surface area contributed by atoms with Crippen LogP contribution in [0, 0.1) is 0 Å². The Bertz CT molecular complexity index is 760. The van der Waals surface area contributed by atoms with Crippen LogP contribution in [0.1, 0.15) is 47.3 Å². The highest BCUT2D eigenvalue weighted by molar-refractivity contribution is 6.30. The summed E-state index contributed by atoms with van der Waals surface area (Å²) in [5, 5.41) is 10.6. The van der Waals surface area contributed by atoms with Gasteiger partial charge in [0.05, 0.1) is 25.0 Å². The fourth-order valence-corrected chi connectivity index (χ4v) is 3.20. The molecule has 0 saturated heterocycles. The van der Waals surface area contributed by atoms with Gasteiger partial charge in [-0.25, -0.2) is 0 Å². The highest BCUT2D eigenvalue weighted by atomic mass is 35.5. The van der Waals surface area contributed by atoms with Crippen LogP contribution >= 0.6 is 11.6 Å². The molecular formula is C17H20ClN3O3. The number of aromatic amines is 1. The highest BCUT2D eigenvalue weighted by Crippen LogP contribution is 2.30. The maximum absolute atomic E-state index is 12.5. The quantitative estimate of drug-likeness (QED) is 0.889. The van der Waals surface area contributed by atoms with Gasteiger partial charge in [-0.1, -0.05) is 11.6 Å². The number of fused-ring (bicyclic) bond motifs is 1. The minimum Gasteiger partial charge on any atom is -0.496 e. The number of benzene rings is 1. The summed E-state index contributed by atoms with van der Waals surface area (Å²) < 4.78 is 11.0. The molecule has 0 fully saturated rings. The molecule has 0 radical (unpaired) electrons. The molecule has 0 aliphatic carbocycles. The lowest BCUT2D eigenvalue weighted by atomic mass is 9.99. The zero-order valence-electron chi connectivity index (χ0n) is 13.9. The van der Waals surface area contributed by atoms with E-state index in [9.17, 15) is 4.79 Å². The normalized spacial score (nSPS) is 19.7. The van der Waals surface area contributed by atoms with Gasteiger partial charge in [0.25, 0.3) is 5.91 Å². The van der Waals surface area contributed by atoms with Crippen LogP contribution in [0.2, 0.25) is 5.02 Å². The predicted molar refractivity (Wildman–Crippen MR) is 90.4 cm³/mol. The number of nitrogens with zero attached hydrogens (tertiary/aromatic N) is 1. The second kappa shape index (κ2) is 6.83. The first-order valence-corrected chi connectivity index (χ1v) is 8.20. The van der Waals surface area contributed by atoms with Gasteiger partial charge < -0.3 is 14.8 Å². The molecule has 1 aliphatic heterocycles. The van der Waals surface area contributed by atoms with Gasteiger partial charge in [0, 0.05) is 29.1 Å². The number of hydrogen-bond donors (Lipinski definition) is 2. The summed E-state index contributed by atoms with van der Waals surface area (Å²) in [7, 11) is 1.58. The second-order valence-electron chi connectivity index (χ2n) is 5.90. The van der Waals surface area contributed by atoms with Crippen molar-refractivity contribution in [1.82, 2.24) is 15.5 Å². The summed E-state index contributed by atoms with van der Waals surface area (Å²) in [6, 6.07) is 5.30. The van der Waals surface area contributed by atoms with Crippen LogP contribution in [-0.4, -0.2) is 29.3 Å². The molecule has 24 heavy (non-hydrogen) atoms. The number of hydrogen-bond acceptors (Lipinski definition) is 4. The van der Waals surface area contributed by atoms with Crippen LogP contribution in [-0.2, 0) is 17.7 Å². The van der Waals surface area contributed by atoms with E-state index in [2.05, 4.69) is 15.5 Å². The Hall–Kier alpha value is -2.05. The summed E-state index contributed by atoms with van der Waals surface area (Å²) >= 11 is 6.02. The van der Waals surface area contributed by atoms with Gasteiger partial charge in [0.1, 0.15) is 5.75 Å². The van der Waals surface area contributed by atoms with Gasteiger partial charge in [-0.15, -0.1) is 0 Å². The van der Waals surface area contributed by atoms with E-state index in [4.69, 9.17) is 21.1 Å². The third-order valence-corrected chi connectivity index (χ3v) is 4.37. The molecule has 1 aromatic heterocycles. The van der Waals surface area contributed by atoms with E-state index >= 15 is 0 Å². The Morgan fingerprint density at radius 3 is 3.04 bits per heavy atom. The Labute approximate surface area is 145 Å². The van der Waals surface area contributed by atoms with Crippen molar-refractivity contribution in [2.45, 2.75) is 39.0 Å². The molecule has 2 heterocycles. The van der Waals surface area contributed by atoms with Crippen LogP contribution in [0.25, 0.3) is 0 Å². The molecule has 0 unspecified atom stereocenters. The van der Waals surface area contributed by atoms with Crippen LogP contribution in [0.5, 0.6) is 5.75 Å². The van der Waals surface area contributed by atoms with E-state index in [1.54, 1.807) is 25.3 Å². The fourth-order valence-electron chi connectivity index (χ4n) is 3.01. The maximum atomic E-state index is 12.5. The second-order valence-corrected chi connectivity index (χ2v) is 6.33. The van der Waals surface area contributed by atoms with Crippen molar-refractivity contribution < 1.29 is 14.3 Å². The molecule has 6 nitrogen and oxygen atoms in total. The van der Waals surface area contributed by atoms with E-state index in [0.29, 0.717) is 29.4 Å². The molecule has 1 amide bonds. The third-order valence-electron chi connectivity index (χ3n) is 4.13. The van der Waals surface area contributed by atoms with Crippen molar-refractivity contribution in [2.24, 2.45) is 0 Å². The van der Waals surface area contributed by atoms with Gasteiger partial charge >= 0.3 is 0 Å². The molecule has 2 N–H and O–H groups in total. The smallest absolute Gasteiger partial charge is 0.272 e. The van der Waals surface area contributed by atoms with Crippen LogP contribution in [0.15, 0.2) is 18.2 Å². The molecule has 0 bridgehead atoms. The average Bonchev–Trinajstić information content (AvgIpc) is 2.97. The lowest BCUT2D eigenvalue weighted by Gasteiger charge is -2.25. The number of rotatable bonds is 4. The molecule has 1 aromatic carbocycles. The number of H-pyrrole nitrogens is 1. The number of carbonyl (C=O) groups is 1. The number of methoxy groups -OCH3 is 1. The molecule has 3 rings (SSSR count). The van der Waals surface area contributed by atoms with Crippen molar-refractivity contribution in [2.75, 3.05) is 7.11 Å². The summed E-state index contributed by atoms with van der Waals surface area (Å²) in [4.78, 5) is 12.5. The lowest BCUT2D eigenvalue weighted by molar-refractivity contribution is -0.00697. The highest BCUT2D eigenvalue weighted by Gasteiger charge is 2.29. The molecule has 2 atom stereocenters. The SMILES string of the molecule is COc1ccc(Cl)cc1CNC(=O)c1n[nH]c2c1C[C@H](C)O[C@@H]2C. The molecule has 0 saturated carbocycles. The fraction of sp³-hybridized carbons (Fsp3) is 0.412. The third kappa shape index (κ3) is 3.25. The Morgan fingerprint density at radius 2 is 2.29 bits per heavy atom. The van der Waals surface area contributed by atoms with E-state index in [1.807, 2.05) is 13.8 Å². The summed E-state index contributed by atoms with van der Waals surface area (Å²) in [6.07, 6.45) is 0.634. The topological polar surface area (TPSA) is 76.2 Å². The largest absolute Gasteiger partial charge is 0.496 e. The van der Waals surface area contributed by atoms with Crippen molar-refractivity contribution >= 4 is 17.5 Å². The Kier molecular flexibility index (Phi) is 4.78. The number of nitrogens with one attached hydrogen (secondary N) is 2. The molecule has 128 valence electrons. The van der Waals surface area contributed by atoms with Crippen molar-refractivity contribution in [1.29, 1.82) is 0 Å². The van der Waals surface area contributed by atoms with E-state index < -0.39 is 0 Å². The first-order valence-electron chi connectivity index (χ1n) is 7.82. The first kappa shape index (κ1) is 16.8. The standard InChI is InChI=1S/C17H20ClN3O3/c1-9-6-13-15(10(2)24-9)20-21-16(13)17(22)19-8-11-7-12(18)4-5-14(11)23-3/h4-5,7,9-10H,6,8H2,1-3H3,(H,19,22)(H,20,21)/t9-,10+/m0/s1. The zero-order valence-corrected chi connectivity index (χ0v) is 14.6. The van der Waals surface area contributed by atoms with Crippen LogP contribution in [0.3, 0.4) is 0 Å². The van der Waals surface area contributed by atoms with Crippen LogP contribution in [0.4, 0.5) is 0 Å². The summed E-state index contributed by atoms with van der Waals surface area (Å²) in [5.74, 6) is 0.454. The van der Waals surface area contributed by atoms with Crippen molar-refractivity contribution in [3.8, 4) is 5.75 Å². The minimum atomic E-state index is -0.226. The first-order chi connectivity index (χ1) is 11.5. The van der Waals surface area contributed by atoms with Crippen LogP contribution < -0.4 is 10.1 Å². The molecule has 2 aromatic rings. The minimum absolute atomic E-state index is 0.0599. The predicted octanol–water partition coefficient (Wildman–Crippen LogP) is 3.02. The summed E-state index contributed by atoms with van der Waals surface area (Å²) in [6.45, 7) is 4.25. The van der Waals surface area contributed by atoms with E-state index in [-0.39, 0.29) is 18.1 Å². The van der Waals surface area contributed by atoms with E-state index in [0.717, 1.165) is 16.8 Å². The van der Waals surface area contributed by atoms with Gasteiger partial charge in [-0.2, -0.15) is 5.10 Å². The molecule has 1 aliphatic rings. The zero-order chi connectivity index (χ0) is 17.3. The maximum Gasteiger partial charge on any atom is 0.272 e. The van der Waals surface area contributed by atoms with E-state index in [1.165, 1.54) is 0 Å². The van der Waals surface area contributed by atoms with Gasteiger partial charge in [-0.3, -0.25) is 9.89 Å². The molecule has 7 heteroatoms. The number of halogens is 1. The van der Waals surface area contributed by atoms with Crippen molar-refractivity contribution in [3.05, 3.63) is 45.7 Å². The van der Waals surface area contributed by atoms with Gasteiger partial charge in [0.15, 0.2) is 5.69 Å².